The highest BCUT2D eigenvalue weighted by molar-refractivity contribution is 6.61. The van der Waals surface area contributed by atoms with E-state index in [0.717, 1.165) is 5.56 Å². The van der Waals surface area contributed by atoms with E-state index in [1.165, 1.54) is 6.07 Å². The van der Waals surface area contributed by atoms with Gasteiger partial charge in [-0.1, -0.05) is 0 Å². The van der Waals surface area contributed by atoms with Gasteiger partial charge in [-0.2, -0.15) is 0 Å². The normalized spacial score (nSPS) is 13.4. The predicted molar refractivity (Wildman–Crippen MR) is 85.0 cm³/mol. The zero-order valence-electron chi connectivity index (χ0n) is 13.8. The van der Waals surface area contributed by atoms with Crippen molar-refractivity contribution in [2.75, 3.05) is 6.61 Å². The molecule has 0 radical (unpaired) electrons. The number of benzene rings is 1. The minimum atomic E-state index is -1.11. The summed E-state index contributed by atoms with van der Waals surface area (Å²) in [4.78, 5) is 22.4. The highest BCUT2D eigenvalue weighted by atomic mass is 16.6. The lowest BCUT2D eigenvalue weighted by Gasteiger charge is -2.20. The van der Waals surface area contributed by atoms with Crippen LogP contribution in [-0.4, -0.2) is 41.5 Å². The van der Waals surface area contributed by atoms with E-state index in [2.05, 4.69) is 5.32 Å². The minimum absolute atomic E-state index is 0.137. The van der Waals surface area contributed by atoms with Crippen LogP contribution < -0.4 is 15.5 Å². The van der Waals surface area contributed by atoms with Crippen molar-refractivity contribution in [3.63, 3.8) is 0 Å². The largest absolute Gasteiger partial charge is 0.491 e. The Morgan fingerprint density at radius 1 is 1.38 bits per heavy atom. The molecule has 3 N–H and O–H groups in total. The molecule has 1 aliphatic rings. The van der Waals surface area contributed by atoms with E-state index in [1.54, 1.807) is 26.8 Å². The van der Waals surface area contributed by atoms with Gasteiger partial charge in [0.1, 0.15) is 11.4 Å². The van der Waals surface area contributed by atoms with Crippen molar-refractivity contribution in [1.29, 1.82) is 0 Å². The third-order valence-electron chi connectivity index (χ3n) is 3.19. The van der Waals surface area contributed by atoms with E-state index in [9.17, 15) is 14.6 Å². The fourth-order valence-corrected chi connectivity index (χ4v) is 2.24. The fraction of sp³-hybridized carbons (Fsp3) is 0.467. The molecule has 1 amide bonds. The smallest absolute Gasteiger partial charge is 0.482 e. The van der Waals surface area contributed by atoms with Crippen LogP contribution in [0.1, 0.15) is 31.9 Å². The number of amides is 1. The lowest BCUT2D eigenvalue weighted by atomic mass is 9.78. The van der Waals surface area contributed by atoms with Crippen LogP contribution in [0.4, 0.5) is 4.79 Å². The predicted octanol–water partition coefficient (Wildman–Crippen LogP) is 0.392. The summed E-state index contributed by atoms with van der Waals surface area (Å²) in [7, 11) is -1.10. The van der Waals surface area contributed by atoms with E-state index in [4.69, 9.17) is 19.2 Å². The molecule has 1 aromatic carbocycles. The van der Waals surface area contributed by atoms with Gasteiger partial charge in [0.05, 0.1) is 6.61 Å². The minimum Gasteiger partial charge on any atom is -0.482 e. The number of fused-ring (bicyclic) bond motifs is 1. The zero-order valence-corrected chi connectivity index (χ0v) is 13.8. The van der Waals surface area contributed by atoms with Gasteiger partial charge in [0.15, 0.2) is 6.61 Å². The number of carboxylic acid groups (broad SMARTS) is 1. The summed E-state index contributed by atoms with van der Waals surface area (Å²) in [6.45, 7) is 5.10. The summed E-state index contributed by atoms with van der Waals surface area (Å²) in [6.07, 6.45) is -0.576. The monoisotopic (exact) mass is 337 g/mol. The van der Waals surface area contributed by atoms with E-state index in [-0.39, 0.29) is 18.9 Å². The zero-order chi connectivity index (χ0) is 17.9. The quantitative estimate of drug-likeness (QED) is 0.666. The molecule has 0 unspecified atom stereocenters. The molecule has 0 spiro atoms. The molecule has 0 saturated heterocycles. The number of rotatable bonds is 5. The van der Waals surface area contributed by atoms with E-state index in [1.807, 2.05) is 0 Å². The van der Waals surface area contributed by atoms with Crippen molar-refractivity contribution in [3.05, 3.63) is 23.3 Å². The maximum atomic E-state index is 11.8. The molecule has 9 heteroatoms. The van der Waals surface area contributed by atoms with Crippen LogP contribution in [0.15, 0.2) is 12.1 Å². The number of nitrogens with one attached hydrogen (secondary N) is 1. The third-order valence-corrected chi connectivity index (χ3v) is 3.19. The molecule has 0 fully saturated rings. The molecule has 1 heterocycles. The Kier molecular flexibility index (Phi) is 5.35. The Morgan fingerprint density at radius 2 is 2.08 bits per heavy atom. The molecule has 130 valence electrons. The van der Waals surface area contributed by atoms with Crippen LogP contribution in [0.25, 0.3) is 0 Å². The maximum Gasteiger partial charge on any atom is 0.491 e. The first-order chi connectivity index (χ1) is 11.2. The van der Waals surface area contributed by atoms with Crippen LogP contribution in [-0.2, 0) is 27.3 Å². The van der Waals surface area contributed by atoms with Crippen LogP contribution in [0, 0.1) is 0 Å². The van der Waals surface area contributed by atoms with Gasteiger partial charge < -0.3 is 29.6 Å². The molecule has 0 bridgehead atoms. The van der Waals surface area contributed by atoms with Crippen molar-refractivity contribution in [2.24, 2.45) is 0 Å². The SMILES string of the molecule is CC(C)(C)OC(=O)NCc1cc(OCC(=O)O)cc2c1COB2O. The van der Waals surface area contributed by atoms with Crippen molar-refractivity contribution < 1.29 is 33.8 Å². The van der Waals surface area contributed by atoms with Gasteiger partial charge in [0.2, 0.25) is 0 Å². The Hall–Kier alpha value is -2.26. The van der Waals surface area contributed by atoms with Gasteiger partial charge in [-0.15, -0.1) is 0 Å². The average molecular weight is 337 g/mol. The van der Waals surface area contributed by atoms with Crippen molar-refractivity contribution >= 4 is 24.6 Å². The number of carbonyl (C=O) groups excluding carboxylic acids is 1. The third kappa shape index (κ3) is 4.87. The summed E-state index contributed by atoms with van der Waals surface area (Å²) >= 11 is 0. The first-order valence-electron chi connectivity index (χ1n) is 7.42. The number of hydrogen-bond donors (Lipinski definition) is 3. The van der Waals surface area contributed by atoms with Crippen molar-refractivity contribution in [3.8, 4) is 5.75 Å². The van der Waals surface area contributed by atoms with Crippen molar-refractivity contribution in [2.45, 2.75) is 39.5 Å². The average Bonchev–Trinajstić information content (AvgIpc) is 2.82. The van der Waals surface area contributed by atoms with Gasteiger partial charge in [0, 0.05) is 6.54 Å². The van der Waals surface area contributed by atoms with Crippen molar-refractivity contribution in [1.82, 2.24) is 5.32 Å². The Bertz CT molecular complexity index is 641. The van der Waals surface area contributed by atoms with E-state index < -0.39 is 31.4 Å². The lowest BCUT2D eigenvalue weighted by molar-refractivity contribution is -0.139. The second-order valence-corrected chi connectivity index (χ2v) is 6.35. The second-order valence-electron chi connectivity index (χ2n) is 6.35. The molecule has 2 rings (SSSR count). The first-order valence-corrected chi connectivity index (χ1v) is 7.42. The topological polar surface area (TPSA) is 114 Å². The maximum absolute atomic E-state index is 11.8. The molecule has 1 aliphatic heterocycles. The van der Waals surface area contributed by atoms with Crippen LogP contribution >= 0.6 is 0 Å². The highest BCUT2D eigenvalue weighted by Gasteiger charge is 2.30. The lowest BCUT2D eigenvalue weighted by Crippen LogP contribution is -2.33. The molecule has 8 nitrogen and oxygen atoms in total. The summed E-state index contributed by atoms with van der Waals surface area (Å²) < 4.78 is 15.5. The van der Waals surface area contributed by atoms with E-state index >= 15 is 0 Å². The number of alkyl carbamates (subject to hydrolysis) is 1. The molecule has 0 aromatic heterocycles. The number of ether oxygens (including phenoxy) is 2. The van der Waals surface area contributed by atoms with Gasteiger partial charge in [0.25, 0.3) is 0 Å². The summed E-state index contributed by atoms with van der Waals surface area (Å²) in [5, 5.41) is 21.2. The Morgan fingerprint density at radius 3 is 2.71 bits per heavy atom. The van der Waals surface area contributed by atoms with Crippen LogP contribution in [0.3, 0.4) is 0 Å². The summed E-state index contributed by atoms with van der Waals surface area (Å²) in [5.41, 5.74) is 1.29. The molecular formula is C15H20BNO7. The molecule has 0 saturated carbocycles. The number of carboxylic acids is 1. The summed E-state index contributed by atoms with van der Waals surface area (Å²) in [6, 6.07) is 3.15. The number of carbonyl (C=O) groups is 2. The van der Waals surface area contributed by atoms with Gasteiger partial charge in [-0.3, -0.25) is 0 Å². The van der Waals surface area contributed by atoms with E-state index in [0.29, 0.717) is 11.0 Å². The standard InChI is InChI=1S/C15H20BNO7/c1-15(2,3)24-14(20)17-6-9-4-10(22-8-13(18)19)5-12-11(9)7-23-16(12)21/h4-5,21H,6-8H2,1-3H3,(H,17,20)(H,18,19). The molecular weight excluding hydrogens is 317 g/mol. The highest BCUT2D eigenvalue weighted by Crippen LogP contribution is 2.22. The molecule has 24 heavy (non-hydrogen) atoms. The van der Waals surface area contributed by atoms with Crippen LogP contribution in [0.5, 0.6) is 5.75 Å². The molecule has 0 aliphatic carbocycles. The fourth-order valence-electron chi connectivity index (χ4n) is 2.24. The van der Waals surface area contributed by atoms with Crippen LogP contribution in [0.2, 0.25) is 0 Å². The van der Waals surface area contributed by atoms with Gasteiger partial charge >= 0.3 is 19.2 Å². The van der Waals surface area contributed by atoms with Gasteiger partial charge in [-0.25, -0.2) is 9.59 Å². The Labute approximate surface area is 139 Å². The van der Waals surface area contributed by atoms with Gasteiger partial charge in [-0.05, 0) is 49.5 Å². The first kappa shape index (κ1) is 18.1. The Balaban J connectivity index is 2.14. The second kappa shape index (κ2) is 7.10. The molecule has 0 atom stereocenters. The number of aliphatic carboxylic acids is 1. The summed E-state index contributed by atoms with van der Waals surface area (Å²) in [5.74, 6) is -0.831. The molecule has 1 aromatic rings. The number of hydrogen-bond acceptors (Lipinski definition) is 6.